The van der Waals surface area contributed by atoms with Gasteiger partial charge in [-0.3, -0.25) is 14.2 Å². The third-order valence-electron chi connectivity index (χ3n) is 4.57. The molecule has 10 heteroatoms. The van der Waals surface area contributed by atoms with E-state index in [1.54, 1.807) is 40.9 Å². The first-order chi connectivity index (χ1) is 13.9. The normalized spacial score (nSPS) is 12.4. The summed E-state index contributed by atoms with van der Waals surface area (Å²) < 4.78 is 8.76. The molecule has 4 heterocycles. The molecular weight excluding hydrogens is 394 g/mol. The van der Waals surface area contributed by atoms with Crippen molar-refractivity contribution in [3.63, 3.8) is 0 Å². The van der Waals surface area contributed by atoms with Crippen molar-refractivity contribution in [3.8, 4) is 11.3 Å². The molecule has 0 saturated heterocycles. The van der Waals surface area contributed by atoms with Gasteiger partial charge in [0.05, 0.1) is 39.8 Å². The molecule has 0 saturated carbocycles. The summed E-state index contributed by atoms with van der Waals surface area (Å²) >= 11 is 5.90. The molecule has 4 aromatic heterocycles. The molecule has 1 amide bonds. The fourth-order valence-electron chi connectivity index (χ4n) is 3.16. The van der Waals surface area contributed by atoms with Gasteiger partial charge in [0.2, 0.25) is 0 Å². The molecule has 0 radical (unpaired) electrons. The molecule has 1 N–H and O–H groups in total. The number of aryl methyl sites for hydroxylation is 2. The summed E-state index contributed by atoms with van der Waals surface area (Å²) in [6.45, 7) is 4.94. The van der Waals surface area contributed by atoms with Crippen LogP contribution in [-0.2, 0) is 13.6 Å². The Labute approximate surface area is 171 Å². The van der Waals surface area contributed by atoms with E-state index in [1.807, 2.05) is 20.2 Å². The number of nitrogens with one attached hydrogen (secondary N) is 1. The van der Waals surface area contributed by atoms with Gasteiger partial charge in [-0.15, -0.1) is 0 Å². The summed E-state index contributed by atoms with van der Waals surface area (Å²) in [5, 5.41) is 16.5. The van der Waals surface area contributed by atoms with Crippen LogP contribution in [0.1, 0.15) is 23.0 Å². The quantitative estimate of drug-likeness (QED) is 0.521. The molecule has 0 aliphatic carbocycles. The highest BCUT2D eigenvalue weighted by atomic mass is 35.5. The van der Waals surface area contributed by atoms with Gasteiger partial charge in [-0.2, -0.15) is 10.2 Å². The first kappa shape index (κ1) is 19.1. The maximum Gasteiger partial charge on any atom is 0.259 e. The van der Waals surface area contributed by atoms with Gasteiger partial charge in [-0.05, 0) is 18.9 Å². The Kier molecular flexibility index (Phi) is 5.06. The molecule has 1 unspecified atom stereocenters. The third-order valence-corrected chi connectivity index (χ3v) is 4.77. The first-order valence-corrected chi connectivity index (χ1v) is 9.50. The summed E-state index contributed by atoms with van der Waals surface area (Å²) in [5.74, 6) is -0.0483. The molecule has 9 nitrogen and oxygen atoms in total. The molecule has 4 rings (SSSR count). The summed E-state index contributed by atoms with van der Waals surface area (Å²) in [6, 6.07) is 1.75. The molecular formula is C19H20ClN7O2. The fraction of sp³-hybridized carbons (Fsp3) is 0.316. The molecule has 150 valence electrons. The van der Waals surface area contributed by atoms with E-state index in [2.05, 4.69) is 25.7 Å². The average Bonchev–Trinajstić information content (AvgIpc) is 3.40. The predicted octanol–water partition coefficient (Wildman–Crippen LogP) is 2.85. The lowest BCUT2D eigenvalue weighted by molar-refractivity contribution is 0.0948. The van der Waals surface area contributed by atoms with Crippen molar-refractivity contribution in [2.24, 2.45) is 13.0 Å². The second-order valence-electron chi connectivity index (χ2n) is 7.10. The number of fused-ring (bicyclic) bond motifs is 1. The van der Waals surface area contributed by atoms with Crippen LogP contribution < -0.4 is 5.32 Å². The van der Waals surface area contributed by atoms with Crippen LogP contribution in [0.3, 0.4) is 0 Å². The minimum atomic E-state index is -0.209. The minimum Gasteiger partial charge on any atom is -0.352 e. The molecule has 0 bridgehead atoms. The van der Waals surface area contributed by atoms with Gasteiger partial charge in [-0.1, -0.05) is 23.7 Å². The van der Waals surface area contributed by atoms with Crippen molar-refractivity contribution in [1.29, 1.82) is 0 Å². The van der Waals surface area contributed by atoms with Crippen molar-refractivity contribution in [1.82, 2.24) is 35.0 Å². The zero-order valence-electron chi connectivity index (χ0n) is 16.3. The summed E-state index contributed by atoms with van der Waals surface area (Å²) in [7, 11) is 1.82. The molecule has 4 aromatic rings. The highest BCUT2D eigenvalue weighted by Crippen LogP contribution is 2.26. The topological polar surface area (TPSA) is 104 Å². The number of pyridine rings is 1. The monoisotopic (exact) mass is 413 g/mol. The number of nitrogens with zero attached hydrogens (tertiary/aromatic N) is 6. The standard InChI is InChI=1S/C19H20ClN7O2/c1-11(8-27-10-14(20)7-23-27)5-21-18(28)15-4-16(13-6-22-26(3)9-13)24-19-17(15)12(2)25-29-19/h4,6-7,9-11H,5,8H2,1-3H3,(H,21,28). The minimum absolute atomic E-state index is 0.161. The predicted molar refractivity (Wildman–Crippen MR) is 107 cm³/mol. The average molecular weight is 414 g/mol. The number of amides is 1. The van der Waals surface area contributed by atoms with Gasteiger partial charge in [0, 0.05) is 38.1 Å². The number of aromatic nitrogens is 6. The number of hydrogen-bond donors (Lipinski definition) is 1. The summed E-state index contributed by atoms with van der Waals surface area (Å²) in [4.78, 5) is 17.5. The molecule has 0 aliphatic heterocycles. The van der Waals surface area contributed by atoms with E-state index in [4.69, 9.17) is 16.1 Å². The van der Waals surface area contributed by atoms with Crippen molar-refractivity contribution in [2.75, 3.05) is 6.54 Å². The van der Waals surface area contributed by atoms with E-state index in [1.165, 1.54) is 0 Å². The lowest BCUT2D eigenvalue weighted by Gasteiger charge is -2.13. The van der Waals surface area contributed by atoms with Crippen molar-refractivity contribution >= 4 is 28.6 Å². The van der Waals surface area contributed by atoms with E-state index in [9.17, 15) is 4.79 Å². The number of halogens is 1. The zero-order valence-corrected chi connectivity index (χ0v) is 17.0. The third kappa shape index (κ3) is 4.00. The Morgan fingerprint density at radius 3 is 2.83 bits per heavy atom. The van der Waals surface area contributed by atoms with Crippen LogP contribution in [0.2, 0.25) is 5.02 Å². The van der Waals surface area contributed by atoms with Crippen LogP contribution in [0.25, 0.3) is 22.4 Å². The van der Waals surface area contributed by atoms with Crippen molar-refractivity contribution in [2.45, 2.75) is 20.4 Å². The van der Waals surface area contributed by atoms with Crippen LogP contribution in [-0.4, -0.2) is 42.2 Å². The number of carbonyl (C=O) groups excluding carboxylic acids is 1. The van der Waals surface area contributed by atoms with Gasteiger partial charge < -0.3 is 9.84 Å². The van der Waals surface area contributed by atoms with Crippen molar-refractivity contribution < 1.29 is 9.32 Å². The van der Waals surface area contributed by atoms with E-state index < -0.39 is 0 Å². The highest BCUT2D eigenvalue weighted by Gasteiger charge is 2.20. The van der Waals surface area contributed by atoms with E-state index in [0.29, 0.717) is 46.2 Å². The van der Waals surface area contributed by atoms with Gasteiger partial charge in [0.15, 0.2) is 0 Å². The first-order valence-electron chi connectivity index (χ1n) is 9.13. The number of carbonyl (C=O) groups is 1. The van der Waals surface area contributed by atoms with Gasteiger partial charge in [0.1, 0.15) is 0 Å². The number of rotatable bonds is 6. The molecule has 0 spiro atoms. The Morgan fingerprint density at radius 2 is 2.14 bits per heavy atom. The van der Waals surface area contributed by atoms with E-state index in [-0.39, 0.29) is 11.8 Å². The van der Waals surface area contributed by atoms with E-state index >= 15 is 0 Å². The smallest absolute Gasteiger partial charge is 0.259 e. The molecule has 0 aromatic carbocycles. The second kappa shape index (κ2) is 7.67. The van der Waals surface area contributed by atoms with Crippen LogP contribution in [0, 0.1) is 12.8 Å². The zero-order chi connectivity index (χ0) is 20.5. The van der Waals surface area contributed by atoms with Crippen LogP contribution in [0.5, 0.6) is 0 Å². The molecule has 0 aliphatic rings. The molecule has 1 atom stereocenters. The maximum atomic E-state index is 13.0. The maximum absolute atomic E-state index is 13.0. The van der Waals surface area contributed by atoms with Gasteiger partial charge >= 0.3 is 0 Å². The lowest BCUT2D eigenvalue weighted by Crippen LogP contribution is -2.30. The summed E-state index contributed by atoms with van der Waals surface area (Å²) in [6.07, 6.45) is 6.87. The molecule has 0 fully saturated rings. The van der Waals surface area contributed by atoms with E-state index in [0.717, 1.165) is 5.56 Å². The Hall–Kier alpha value is -3.20. The second-order valence-corrected chi connectivity index (χ2v) is 7.54. The van der Waals surface area contributed by atoms with Crippen LogP contribution in [0.4, 0.5) is 0 Å². The molecule has 29 heavy (non-hydrogen) atoms. The van der Waals surface area contributed by atoms with Gasteiger partial charge in [0.25, 0.3) is 11.6 Å². The van der Waals surface area contributed by atoms with Crippen LogP contribution in [0.15, 0.2) is 35.4 Å². The largest absolute Gasteiger partial charge is 0.352 e. The Balaban J connectivity index is 1.56. The number of hydrogen-bond acceptors (Lipinski definition) is 6. The summed E-state index contributed by atoms with van der Waals surface area (Å²) in [5.41, 5.74) is 2.82. The Bertz CT molecular complexity index is 1180. The lowest BCUT2D eigenvalue weighted by atomic mass is 10.1. The van der Waals surface area contributed by atoms with Crippen molar-refractivity contribution in [3.05, 3.63) is 47.1 Å². The fourth-order valence-corrected chi connectivity index (χ4v) is 3.32. The van der Waals surface area contributed by atoms with Crippen LogP contribution >= 0.6 is 11.6 Å². The van der Waals surface area contributed by atoms with Gasteiger partial charge in [-0.25, -0.2) is 4.98 Å². The Morgan fingerprint density at radius 1 is 1.31 bits per heavy atom. The highest BCUT2D eigenvalue weighted by molar-refractivity contribution is 6.30. The SMILES string of the molecule is Cc1noc2nc(-c3cnn(C)c3)cc(C(=O)NCC(C)Cn3cc(Cl)cn3)c12.